The Kier molecular flexibility index (Phi) is 10.4. The number of fused-ring (bicyclic) bond motifs is 1. The van der Waals surface area contributed by atoms with Gasteiger partial charge in [0.1, 0.15) is 0 Å². The molecule has 10 nitrogen and oxygen atoms in total. The van der Waals surface area contributed by atoms with Gasteiger partial charge in [-0.05, 0) is 50.8 Å². The molecule has 0 aromatic carbocycles. The van der Waals surface area contributed by atoms with Crippen molar-refractivity contribution in [3.8, 4) is 0 Å². The maximum absolute atomic E-state index is 13.1. The number of likely N-dealkylation sites (N-methyl/N-ethyl adjacent to an activating group) is 1. The van der Waals surface area contributed by atoms with E-state index < -0.39 is 0 Å². The lowest BCUT2D eigenvalue weighted by molar-refractivity contribution is -0.123. The van der Waals surface area contributed by atoms with Crippen molar-refractivity contribution in [2.45, 2.75) is 44.8 Å². The summed E-state index contributed by atoms with van der Waals surface area (Å²) in [6.07, 6.45) is 1.34. The Hall–Kier alpha value is -2.72. The molecule has 174 valence electrons. The van der Waals surface area contributed by atoms with E-state index in [0.717, 1.165) is 19.4 Å². The van der Waals surface area contributed by atoms with Crippen molar-refractivity contribution < 1.29 is 29.7 Å². The highest BCUT2D eigenvalue weighted by Gasteiger charge is 2.43. The van der Waals surface area contributed by atoms with Crippen LogP contribution in [0.1, 0.15) is 48.7 Å². The van der Waals surface area contributed by atoms with Crippen LogP contribution in [0, 0.1) is 11.8 Å². The Morgan fingerprint density at radius 1 is 1.13 bits per heavy atom. The van der Waals surface area contributed by atoms with Gasteiger partial charge in [0.05, 0.1) is 11.7 Å². The highest BCUT2D eigenvalue weighted by atomic mass is 16.3. The Balaban J connectivity index is 0.000000720. The number of pyridine rings is 1. The fourth-order valence-electron chi connectivity index (χ4n) is 4.43. The van der Waals surface area contributed by atoms with Gasteiger partial charge in [-0.3, -0.25) is 19.2 Å². The number of hydrogen-bond acceptors (Lipinski definition) is 6. The summed E-state index contributed by atoms with van der Waals surface area (Å²) >= 11 is 0. The fraction of sp³-hybridized carbons (Fsp3) is 0.619. The summed E-state index contributed by atoms with van der Waals surface area (Å²) in [5.74, 6) is 0.869. The number of nitrogens with one attached hydrogen (secondary N) is 1. The molecule has 4 N–H and O–H groups in total. The van der Waals surface area contributed by atoms with Crippen LogP contribution in [0.5, 0.6) is 0 Å². The number of aromatic amines is 1. The molecule has 1 amide bonds. The van der Waals surface area contributed by atoms with E-state index in [1.807, 2.05) is 32.8 Å². The molecule has 1 aliphatic carbocycles. The van der Waals surface area contributed by atoms with E-state index in [4.69, 9.17) is 19.8 Å². The van der Waals surface area contributed by atoms with Crippen LogP contribution in [0.2, 0.25) is 0 Å². The third-order valence-corrected chi connectivity index (χ3v) is 5.82. The van der Waals surface area contributed by atoms with E-state index in [9.17, 15) is 14.7 Å². The minimum absolute atomic E-state index is 0.00903. The average Bonchev–Trinajstić information content (AvgIpc) is 3.10. The first-order chi connectivity index (χ1) is 14.6. The predicted octanol–water partition coefficient (Wildman–Crippen LogP) is 0.673. The lowest BCUT2D eigenvalue weighted by Gasteiger charge is -2.38. The Morgan fingerprint density at radius 2 is 1.65 bits per heavy atom. The zero-order chi connectivity index (χ0) is 23.7. The maximum Gasteiger partial charge on any atom is 0.290 e. The van der Waals surface area contributed by atoms with Gasteiger partial charge in [0.15, 0.2) is 0 Å². The van der Waals surface area contributed by atoms with Gasteiger partial charge in [0.2, 0.25) is 5.56 Å². The number of carbonyl (C=O) groups excluding carboxylic acids is 1. The largest absolute Gasteiger partial charge is 0.483 e. The predicted molar refractivity (Wildman–Crippen MR) is 114 cm³/mol. The molecule has 2 fully saturated rings. The van der Waals surface area contributed by atoms with Crippen molar-refractivity contribution >= 4 is 18.9 Å². The lowest BCUT2D eigenvalue weighted by Crippen LogP contribution is -2.46. The van der Waals surface area contributed by atoms with Crippen LogP contribution in [0.4, 0.5) is 0 Å². The number of carbonyl (C=O) groups is 3. The number of hydrogen-bond donors (Lipinski definition) is 4. The van der Waals surface area contributed by atoms with Crippen molar-refractivity contribution in [3.05, 3.63) is 33.7 Å². The zero-order valence-corrected chi connectivity index (χ0v) is 18.4. The van der Waals surface area contributed by atoms with Crippen molar-refractivity contribution in [2.24, 2.45) is 11.8 Å². The summed E-state index contributed by atoms with van der Waals surface area (Å²) in [6, 6.07) is 3.24. The molecule has 0 spiro atoms. The average molecular weight is 440 g/mol. The summed E-state index contributed by atoms with van der Waals surface area (Å²) < 4.78 is 0. The molecule has 2 heterocycles. The number of H-pyrrole nitrogens is 1. The van der Waals surface area contributed by atoms with E-state index >= 15 is 0 Å². The molecule has 0 unspecified atom stereocenters. The molecule has 10 heteroatoms. The van der Waals surface area contributed by atoms with Crippen molar-refractivity contribution in [1.82, 2.24) is 14.8 Å². The Labute approximate surface area is 181 Å². The molecule has 1 saturated carbocycles. The molecule has 31 heavy (non-hydrogen) atoms. The number of aliphatic hydroxyl groups is 1. The molecular weight excluding hydrogens is 406 g/mol. The minimum Gasteiger partial charge on any atom is -0.483 e. The summed E-state index contributed by atoms with van der Waals surface area (Å²) in [5, 5.41) is 24.2. The van der Waals surface area contributed by atoms with Gasteiger partial charge in [-0.25, -0.2) is 0 Å². The molecule has 1 aliphatic heterocycles. The lowest BCUT2D eigenvalue weighted by atomic mass is 9.77. The van der Waals surface area contributed by atoms with Crippen LogP contribution in [0.25, 0.3) is 0 Å². The summed E-state index contributed by atoms with van der Waals surface area (Å²) in [7, 11) is 4.00. The highest BCUT2D eigenvalue weighted by Crippen LogP contribution is 2.38. The summed E-state index contributed by atoms with van der Waals surface area (Å²) in [5.41, 5.74) is 1.13. The molecule has 4 atom stereocenters. The molecule has 1 saturated heterocycles. The third kappa shape index (κ3) is 6.90. The van der Waals surface area contributed by atoms with E-state index in [-0.39, 0.29) is 42.5 Å². The maximum atomic E-state index is 13.1. The number of rotatable bonds is 3. The van der Waals surface area contributed by atoms with E-state index in [1.165, 1.54) is 6.07 Å². The van der Waals surface area contributed by atoms with Gasteiger partial charge in [0.25, 0.3) is 18.9 Å². The minimum atomic E-state index is -0.328. The number of carboxylic acid groups (broad SMARTS) is 2. The molecule has 1 aromatic rings. The molecule has 0 bridgehead atoms. The van der Waals surface area contributed by atoms with Crippen molar-refractivity contribution in [3.63, 3.8) is 0 Å². The topological polar surface area (TPSA) is 151 Å². The summed E-state index contributed by atoms with van der Waals surface area (Å²) in [4.78, 5) is 48.2. The van der Waals surface area contributed by atoms with Crippen molar-refractivity contribution in [1.29, 1.82) is 0 Å². The second kappa shape index (κ2) is 12.2. The Bertz CT molecular complexity index is 787. The van der Waals surface area contributed by atoms with Gasteiger partial charge in [-0.2, -0.15) is 0 Å². The van der Waals surface area contributed by atoms with Crippen LogP contribution in [-0.4, -0.2) is 88.3 Å². The number of aromatic nitrogens is 1. The van der Waals surface area contributed by atoms with E-state index in [2.05, 4.69) is 9.88 Å². The number of likely N-dealkylation sites (tertiary alicyclic amines) is 1. The second-order valence-electron chi connectivity index (χ2n) is 8.32. The smallest absolute Gasteiger partial charge is 0.290 e. The standard InChI is InChI=1S/C19H29N3O3.2CH2O2/c1-11(2)18-14(5-6-17(24)20-18)19(25)22-9-12-7-15(21(3)4)16(23)8-13(12)10-22;2*2-1-3/h5-6,11-13,15-16,23H,7-10H2,1-4H3,(H,20,24);2*1H,(H,2,3)/t12-,13+,15-,16-;;/m1../s1. The molecular formula is C21H33N3O7. The van der Waals surface area contributed by atoms with Crippen LogP contribution in [0.3, 0.4) is 0 Å². The van der Waals surface area contributed by atoms with Crippen LogP contribution in [0.15, 0.2) is 16.9 Å². The molecule has 2 aliphatic rings. The number of nitrogens with zero attached hydrogens (tertiary/aromatic N) is 2. The number of aliphatic hydroxyl groups excluding tert-OH is 1. The normalized spacial score (nSPS) is 24.4. The molecule has 1 aromatic heterocycles. The van der Waals surface area contributed by atoms with Gasteiger partial charge in [-0.1, -0.05) is 13.8 Å². The fourth-order valence-corrected chi connectivity index (χ4v) is 4.43. The first-order valence-electron chi connectivity index (χ1n) is 10.1. The van der Waals surface area contributed by atoms with Crippen LogP contribution >= 0.6 is 0 Å². The first-order valence-corrected chi connectivity index (χ1v) is 10.1. The van der Waals surface area contributed by atoms with Gasteiger partial charge >= 0.3 is 0 Å². The van der Waals surface area contributed by atoms with Crippen LogP contribution < -0.4 is 5.56 Å². The second-order valence-corrected chi connectivity index (χ2v) is 8.32. The van der Waals surface area contributed by atoms with Crippen molar-refractivity contribution in [2.75, 3.05) is 27.2 Å². The van der Waals surface area contributed by atoms with E-state index in [0.29, 0.717) is 29.6 Å². The number of amides is 1. The highest BCUT2D eigenvalue weighted by molar-refractivity contribution is 5.95. The monoisotopic (exact) mass is 439 g/mol. The molecule has 0 radical (unpaired) electrons. The third-order valence-electron chi connectivity index (χ3n) is 5.82. The van der Waals surface area contributed by atoms with Gasteiger partial charge in [-0.15, -0.1) is 0 Å². The Morgan fingerprint density at radius 3 is 2.13 bits per heavy atom. The quantitative estimate of drug-likeness (QED) is 0.502. The van der Waals surface area contributed by atoms with Crippen LogP contribution in [-0.2, 0) is 9.59 Å². The SMILES string of the molecule is CC(C)c1[nH]c(=O)ccc1C(=O)N1C[C@H]2C[C@@H](N(C)C)[C@H](O)C[C@H]2C1.O=CO.O=CO. The first kappa shape index (κ1) is 26.3. The van der Waals surface area contributed by atoms with Gasteiger partial charge < -0.3 is 30.1 Å². The zero-order valence-electron chi connectivity index (χ0n) is 18.4. The molecule has 3 rings (SSSR count). The summed E-state index contributed by atoms with van der Waals surface area (Å²) in [6.45, 7) is 4.88. The van der Waals surface area contributed by atoms with E-state index in [1.54, 1.807) is 6.07 Å². The van der Waals surface area contributed by atoms with Gasteiger partial charge in [0, 0.05) is 30.9 Å².